The lowest BCUT2D eigenvalue weighted by molar-refractivity contribution is 0.0955. The molecule has 0 atom stereocenters. The fourth-order valence-electron chi connectivity index (χ4n) is 2.74. The maximum Gasteiger partial charge on any atom is 0.261 e. The third kappa shape index (κ3) is 2.72. The molecular formula is C18H12N4OS3. The highest BCUT2D eigenvalue weighted by Crippen LogP contribution is 2.28. The van der Waals surface area contributed by atoms with Gasteiger partial charge in [0.1, 0.15) is 9.84 Å². The molecule has 5 aromatic rings. The molecule has 5 nitrogen and oxygen atoms in total. The maximum absolute atomic E-state index is 12.5. The van der Waals surface area contributed by atoms with E-state index in [1.165, 1.54) is 11.3 Å². The maximum atomic E-state index is 12.5. The van der Waals surface area contributed by atoms with Crippen molar-refractivity contribution in [3.63, 3.8) is 0 Å². The summed E-state index contributed by atoms with van der Waals surface area (Å²) in [7, 11) is 0. The van der Waals surface area contributed by atoms with E-state index in [4.69, 9.17) is 0 Å². The Kier molecular flexibility index (Phi) is 3.81. The van der Waals surface area contributed by atoms with Gasteiger partial charge in [-0.05, 0) is 6.07 Å². The molecule has 0 aliphatic rings. The largest absolute Gasteiger partial charge is 0.345 e. The van der Waals surface area contributed by atoms with Crippen LogP contribution in [0.4, 0.5) is 0 Å². The molecule has 128 valence electrons. The van der Waals surface area contributed by atoms with Gasteiger partial charge in [0, 0.05) is 22.5 Å². The molecule has 8 heteroatoms. The zero-order valence-corrected chi connectivity index (χ0v) is 15.8. The van der Waals surface area contributed by atoms with Crippen molar-refractivity contribution in [1.29, 1.82) is 0 Å². The quantitative estimate of drug-likeness (QED) is 0.480. The summed E-state index contributed by atoms with van der Waals surface area (Å²) < 4.78 is 2.01. The van der Waals surface area contributed by atoms with Crippen LogP contribution in [-0.4, -0.2) is 20.3 Å². The summed E-state index contributed by atoms with van der Waals surface area (Å²) in [6.45, 7) is 0.423. The summed E-state index contributed by atoms with van der Waals surface area (Å²) >= 11 is 4.56. The number of hydrogen-bond donors (Lipinski definition) is 1. The van der Waals surface area contributed by atoms with E-state index in [9.17, 15) is 4.79 Å². The number of thiazole rings is 2. The lowest BCUT2D eigenvalue weighted by atomic mass is 10.2. The minimum absolute atomic E-state index is 0.0894. The number of aromatic nitrogens is 3. The average molecular weight is 397 g/mol. The van der Waals surface area contributed by atoms with Crippen molar-refractivity contribution in [2.45, 2.75) is 6.54 Å². The van der Waals surface area contributed by atoms with Gasteiger partial charge in [0.2, 0.25) is 0 Å². The first-order valence-electron chi connectivity index (χ1n) is 7.91. The molecular weight excluding hydrogens is 384 g/mol. The lowest BCUT2D eigenvalue weighted by Gasteiger charge is -2.00. The van der Waals surface area contributed by atoms with E-state index in [-0.39, 0.29) is 5.91 Å². The van der Waals surface area contributed by atoms with E-state index in [0.717, 1.165) is 31.6 Å². The first-order valence-corrected chi connectivity index (χ1v) is 10.5. The van der Waals surface area contributed by atoms with Crippen molar-refractivity contribution >= 4 is 55.2 Å². The first-order chi connectivity index (χ1) is 12.8. The van der Waals surface area contributed by atoms with Crippen LogP contribution in [0.3, 0.4) is 0 Å². The molecule has 0 fully saturated rings. The number of carbonyl (C=O) groups excluding carboxylic acids is 1. The highest BCUT2D eigenvalue weighted by atomic mass is 32.1. The van der Waals surface area contributed by atoms with Crippen LogP contribution in [0.5, 0.6) is 0 Å². The zero-order valence-electron chi connectivity index (χ0n) is 13.4. The van der Waals surface area contributed by atoms with E-state index >= 15 is 0 Å². The number of benzene rings is 1. The molecule has 0 radical (unpaired) electrons. The van der Waals surface area contributed by atoms with Crippen molar-refractivity contribution in [3.8, 4) is 11.3 Å². The molecule has 0 aliphatic heterocycles. The van der Waals surface area contributed by atoms with Gasteiger partial charge >= 0.3 is 0 Å². The number of amides is 1. The second-order valence-electron chi connectivity index (χ2n) is 5.64. The number of fused-ring (bicyclic) bond motifs is 3. The monoisotopic (exact) mass is 396 g/mol. The Hall–Kier alpha value is -2.55. The van der Waals surface area contributed by atoms with Gasteiger partial charge in [0.15, 0.2) is 4.96 Å². The molecule has 0 bridgehead atoms. The van der Waals surface area contributed by atoms with Crippen LogP contribution in [0.2, 0.25) is 0 Å². The minimum Gasteiger partial charge on any atom is -0.345 e. The van der Waals surface area contributed by atoms with Gasteiger partial charge in [-0.15, -0.1) is 34.0 Å². The van der Waals surface area contributed by atoms with Crippen LogP contribution in [0.1, 0.15) is 14.7 Å². The van der Waals surface area contributed by atoms with Crippen LogP contribution >= 0.6 is 34.0 Å². The highest BCUT2D eigenvalue weighted by molar-refractivity contribution is 7.21. The summed E-state index contributed by atoms with van der Waals surface area (Å²) in [5, 5.41) is 7.86. The Bertz CT molecular complexity index is 1220. The standard InChI is InChI=1S/C18H12N4OS3/c23-16(14-8-13-17(26-14)21-18-22(13)6-7-24-18)19-9-15-20-12(10-25-15)11-4-2-1-3-5-11/h1-8,10H,9H2,(H,19,23). The molecule has 1 aromatic carbocycles. The Balaban J connectivity index is 1.31. The summed E-state index contributed by atoms with van der Waals surface area (Å²) in [5.41, 5.74) is 3.01. The van der Waals surface area contributed by atoms with Gasteiger partial charge in [0.05, 0.1) is 22.6 Å². The Labute approximate surface area is 160 Å². The van der Waals surface area contributed by atoms with Gasteiger partial charge in [0.25, 0.3) is 5.91 Å². The normalized spacial score (nSPS) is 11.4. The number of hydrogen-bond acceptors (Lipinski definition) is 6. The first kappa shape index (κ1) is 15.7. The molecule has 26 heavy (non-hydrogen) atoms. The van der Waals surface area contributed by atoms with Crippen LogP contribution in [0, 0.1) is 0 Å². The molecule has 1 amide bonds. The third-order valence-electron chi connectivity index (χ3n) is 3.99. The van der Waals surface area contributed by atoms with Crippen molar-refractivity contribution in [2.24, 2.45) is 0 Å². The predicted molar refractivity (Wildman–Crippen MR) is 107 cm³/mol. The highest BCUT2D eigenvalue weighted by Gasteiger charge is 2.15. The van der Waals surface area contributed by atoms with Crippen molar-refractivity contribution in [3.05, 3.63) is 63.2 Å². The smallest absolute Gasteiger partial charge is 0.261 e. The van der Waals surface area contributed by atoms with E-state index < -0.39 is 0 Å². The minimum atomic E-state index is -0.0894. The van der Waals surface area contributed by atoms with E-state index in [1.54, 1.807) is 22.7 Å². The molecule has 5 rings (SSSR count). The van der Waals surface area contributed by atoms with Crippen LogP contribution < -0.4 is 5.32 Å². The lowest BCUT2D eigenvalue weighted by Crippen LogP contribution is -2.21. The third-order valence-corrected chi connectivity index (χ3v) is 6.61. The SMILES string of the molecule is O=C(NCc1nc(-c2ccccc2)cs1)c1cc2c(nc3sccn32)s1. The van der Waals surface area contributed by atoms with Gasteiger partial charge in [-0.3, -0.25) is 9.20 Å². The number of imidazole rings is 1. The second kappa shape index (κ2) is 6.31. The molecule has 0 spiro atoms. The number of nitrogens with zero attached hydrogens (tertiary/aromatic N) is 3. The molecule has 0 saturated carbocycles. The topological polar surface area (TPSA) is 59.3 Å². The Morgan fingerprint density at radius 2 is 2.04 bits per heavy atom. The van der Waals surface area contributed by atoms with Gasteiger partial charge in [-0.25, -0.2) is 9.97 Å². The number of nitrogens with one attached hydrogen (secondary N) is 1. The zero-order chi connectivity index (χ0) is 17.5. The number of thiophene rings is 1. The van der Waals surface area contributed by atoms with Gasteiger partial charge in [-0.1, -0.05) is 30.3 Å². The fraction of sp³-hybridized carbons (Fsp3) is 0.0556. The molecule has 0 unspecified atom stereocenters. The molecule has 4 heterocycles. The van der Waals surface area contributed by atoms with E-state index in [1.807, 2.05) is 57.8 Å². The molecule has 0 aliphatic carbocycles. The Morgan fingerprint density at radius 1 is 1.15 bits per heavy atom. The van der Waals surface area contributed by atoms with E-state index in [0.29, 0.717) is 11.4 Å². The summed E-state index contributed by atoms with van der Waals surface area (Å²) in [6, 6.07) is 11.9. The summed E-state index contributed by atoms with van der Waals surface area (Å²) in [5.74, 6) is -0.0894. The van der Waals surface area contributed by atoms with Crippen LogP contribution in [-0.2, 0) is 6.54 Å². The molecule has 0 saturated heterocycles. The van der Waals surface area contributed by atoms with Crippen molar-refractivity contribution in [2.75, 3.05) is 0 Å². The fourth-order valence-corrected chi connectivity index (χ4v) is 5.20. The van der Waals surface area contributed by atoms with Crippen LogP contribution in [0.15, 0.2) is 53.4 Å². The Morgan fingerprint density at radius 3 is 2.92 bits per heavy atom. The van der Waals surface area contributed by atoms with Crippen LogP contribution in [0.25, 0.3) is 26.6 Å². The molecule has 1 N–H and O–H groups in total. The number of rotatable bonds is 4. The van der Waals surface area contributed by atoms with Gasteiger partial charge in [-0.2, -0.15) is 0 Å². The number of carbonyl (C=O) groups is 1. The summed E-state index contributed by atoms with van der Waals surface area (Å²) in [4.78, 5) is 24.1. The van der Waals surface area contributed by atoms with E-state index in [2.05, 4.69) is 15.3 Å². The molecule has 4 aromatic heterocycles. The second-order valence-corrected chi connectivity index (χ2v) is 8.49. The van der Waals surface area contributed by atoms with Gasteiger partial charge < -0.3 is 5.32 Å². The van der Waals surface area contributed by atoms with Crippen molar-refractivity contribution in [1.82, 2.24) is 19.7 Å². The predicted octanol–water partition coefficient (Wildman–Crippen LogP) is 4.66. The van der Waals surface area contributed by atoms with Crippen molar-refractivity contribution < 1.29 is 4.79 Å². The summed E-state index contributed by atoms with van der Waals surface area (Å²) in [6.07, 6.45) is 1.98. The average Bonchev–Trinajstić information content (AvgIpc) is 3.41.